The Morgan fingerprint density at radius 1 is 1.06 bits per heavy atom. The lowest BCUT2D eigenvalue weighted by Crippen LogP contribution is -2.40. The summed E-state index contributed by atoms with van der Waals surface area (Å²) in [7, 11) is 4.29. The van der Waals surface area contributed by atoms with E-state index in [-0.39, 0.29) is 11.7 Å². The molecule has 0 aliphatic heterocycles. The number of aliphatic hydroxyl groups is 1. The minimum absolute atomic E-state index is 0.0984. The van der Waals surface area contributed by atoms with E-state index in [2.05, 4.69) is 19.1 Å². The Balaban J connectivity index is 1.40. The zero-order valence-electron chi connectivity index (χ0n) is 20.3. The molecule has 0 spiro atoms. The van der Waals surface area contributed by atoms with Crippen molar-refractivity contribution < 1.29 is 23.1 Å². The van der Waals surface area contributed by atoms with E-state index in [9.17, 15) is 9.50 Å². The van der Waals surface area contributed by atoms with Crippen molar-refractivity contribution in [3.05, 3.63) is 83.8 Å². The van der Waals surface area contributed by atoms with Crippen LogP contribution >= 0.6 is 0 Å². The average Bonchev–Trinajstić information content (AvgIpc) is 3.32. The summed E-state index contributed by atoms with van der Waals surface area (Å²) in [6, 6.07) is 15.9. The maximum absolute atomic E-state index is 13.0. The summed E-state index contributed by atoms with van der Waals surface area (Å²) >= 11 is 0. The van der Waals surface area contributed by atoms with Gasteiger partial charge in [0.1, 0.15) is 18.1 Å². The number of oxazole rings is 1. The van der Waals surface area contributed by atoms with Crippen molar-refractivity contribution in [3.63, 3.8) is 0 Å². The quantitative estimate of drug-likeness (QED) is 0.308. The van der Waals surface area contributed by atoms with Gasteiger partial charge in [0.05, 0.1) is 33.4 Å². The van der Waals surface area contributed by atoms with Crippen LogP contribution in [-0.2, 0) is 12.1 Å². The monoisotopic (exact) mass is 467 g/mol. The molecular formula is C28H36FN2O3+. The van der Waals surface area contributed by atoms with E-state index in [1.807, 2.05) is 30.3 Å². The van der Waals surface area contributed by atoms with Gasteiger partial charge in [-0.25, -0.2) is 9.37 Å². The van der Waals surface area contributed by atoms with Crippen LogP contribution in [0.15, 0.2) is 65.2 Å². The number of nitrogens with zero attached hydrogens (tertiary/aromatic N) is 2. The summed E-state index contributed by atoms with van der Waals surface area (Å²) < 4.78 is 25.7. The molecule has 0 saturated heterocycles. The van der Waals surface area contributed by atoms with Crippen molar-refractivity contribution in [1.29, 1.82) is 0 Å². The van der Waals surface area contributed by atoms with E-state index in [4.69, 9.17) is 9.15 Å². The molecule has 1 saturated carbocycles. The van der Waals surface area contributed by atoms with Crippen LogP contribution in [0, 0.1) is 11.7 Å². The number of halogens is 1. The normalized spacial score (nSPS) is 16.8. The lowest BCUT2D eigenvalue weighted by Gasteiger charge is -2.36. The van der Waals surface area contributed by atoms with E-state index in [0.29, 0.717) is 29.3 Å². The molecule has 182 valence electrons. The molecule has 1 unspecified atom stereocenters. The number of benzene rings is 2. The molecular weight excluding hydrogens is 431 g/mol. The first-order chi connectivity index (χ1) is 16.4. The van der Waals surface area contributed by atoms with Gasteiger partial charge in [-0.2, -0.15) is 0 Å². The van der Waals surface area contributed by atoms with E-state index in [0.717, 1.165) is 50.0 Å². The van der Waals surface area contributed by atoms with Crippen molar-refractivity contribution in [2.75, 3.05) is 27.2 Å². The van der Waals surface area contributed by atoms with Crippen molar-refractivity contribution in [2.24, 2.45) is 5.92 Å². The highest BCUT2D eigenvalue weighted by molar-refractivity contribution is 5.30. The summed E-state index contributed by atoms with van der Waals surface area (Å²) in [6.07, 6.45) is 8.02. The molecule has 0 amide bonds. The van der Waals surface area contributed by atoms with Gasteiger partial charge in [0.2, 0.25) is 5.89 Å². The molecule has 1 N–H and O–H groups in total. The molecule has 1 aromatic heterocycles. The lowest BCUT2D eigenvalue weighted by atomic mass is 9.73. The minimum Gasteiger partial charge on any atom is -0.493 e. The van der Waals surface area contributed by atoms with Crippen molar-refractivity contribution >= 4 is 0 Å². The van der Waals surface area contributed by atoms with Crippen LogP contribution in [0.5, 0.6) is 5.75 Å². The van der Waals surface area contributed by atoms with Crippen LogP contribution in [0.25, 0.3) is 0 Å². The highest BCUT2D eigenvalue weighted by Crippen LogP contribution is 2.43. The third kappa shape index (κ3) is 5.86. The standard InChI is InChI=1S/C28H36FN2O3/c1-31(2,18-9-19-33-25-16-14-24(29)15-17-25)21-26-20-30-27(34-26)28(32,22-10-5-3-6-11-22)23-12-7-4-8-13-23/h3,5-6,10-11,14-17,20,23,32H,4,7-9,12-13,18-19,21H2,1-2H3/q+1. The summed E-state index contributed by atoms with van der Waals surface area (Å²) in [6.45, 7) is 2.10. The Labute approximate surface area is 201 Å². The maximum Gasteiger partial charge on any atom is 0.231 e. The number of aromatic nitrogens is 1. The molecule has 1 aliphatic carbocycles. The Morgan fingerprint density at radius 3 is 2.47 bits per heavy atom. The van der Waals surface area contributed by atoms with Crippen LogP contribution in [0.4, 0.5) is 4.39 Å². The average molecular weight is 468 g/mol. The second kappa shape index (κ2) is 10.7. The lowest BCUT2D eigenvalue weighted by molar-refractivity contribution is -0.904. The Bertz CT molecular complexity index is 1030. The first-order valence-corrected chi connectivity index (χ1v) is 12.3. The van der Waals surface area contributed by atoms with E-state index >= 15 is 0 Å². The van der Waals surface area contributed by atoms with E-state index in [1.165, 1.54) is 18.6 Å². The van der Waals surface area contributed by atoms with Crippen LogP contribution in [0.3, 0.4) is 0 Å². The highest BCUT2D eigenvalue weighted by atomic mass is 19.1. The predicted molar refractivity (Wildman–Crippen MR) is 130 cm³/mol. The second-order valence-corrected chi connectivity index (χ2v) is 10.1. The fraction of sp³-hybridized carbons (Fsp3) is 0.464. The Hall–Kier alpha value is -2.70. The van der Waals surface area contributed by atoms with Crippen LogP contribution in [0.2, 0.25) is 0 Å². The van der Waals surface area contributed by atoms with Gasteiger partial charge in [-0.05, 0) is 42.7 Å². The Morgan fingerprint density at radius 2 is 1.76 bits per heavy atom. The van der Waals surface area contributed by atoms with Gasteiger partial charge in [0, 0.05) is 12.3 Å². The topological polar surface area (TPSA) is 55.5 Å². The van der Waals surface area contributed by atoms with E-state index < -0.39 is 5.60 Å². The summed E-state index contributed by atoms with van der Waals surface area (Å²) in [5.41, 5.74) is -0.359. The summed E-state index contributed by atoms with van der Waals surface area (Å²) in [4.78, 5) is 4.59. The van der Waals surface area contributed by atoms with Crippen LogP contribution in [-0.4, -0.2) is 41.8 Å². The molecule has 0 bridgehead atoms. The van der Waals surface area contributed by atoms with Gasteiger partial charge in [-0.1, -0.05) is 49.6 Å². The first-order valence-electron chi connectivity index (χ1n) is 12.3. The fourth-order valence-corrected chi connectivity index (χ4v) is 5.02. The van der Waals surface area contributed by atoms with Gasteiger partial charge >= 0.3 is 0 Å². The maximum atomic E-state index is 13.0. The SMILES string of the molecule is C[N+](C)(CCCOc1ccc(F)cc1)Cc1cnc(C(O)(c2ccccc2)C2CCCCC2)o1. The first kappa shape index (κ1) is 24.4. The molecule has 1 aliphatic rings. The van der Waals surface area contributed by atoms with Gasteiger partial charge in [0.25, 0.3) is 0 Å². The van der Waals surface area contributed by atoms with Crippen molar-refractivity contribution in [1.82, 2.24) is 4.98 Å². The zero-order chi connectivity index (χ0) is 24.0. The molecule has 1 heterocycles. The third-order valence-electron chi connectivity index (χ3n) is 6.86. The molecule has 5 nitrogen and oxygen atoms in total. The van der Waals surface area contributed by atoms with Gasteiger partial charge in [-0.3, -0.25) is 0 Å². The van der Waals surface area contributed by atoms with E-state index in [1.54, 1.807) is 18.3 Å². The molecule has 1 fully saturated rings. The molecule has 2 aromatic carbocycles. The summed E-state index contributed by atoms with van der Waals surface area (Å²) in [5.74, 6) is 1.68. The molecule has 4 rings (SSSR count). The third-order valence-corrected chi connectivity index (χ3v) is 6.86. The predicted octanol–water partition coefficient (Wildman–Crippen LogP) is 5.68. The number of hydrogen-bond donors (Lipinski definition) is 1. The van der Waals surface area contributed by atoms with Crippen molar-refractivity contribution in [2.45, 2.75) is 50.7 Å². The largest absolute Gasteiger partial charge is 0.493 e. The zero-order valence-corrected chi connectivity index (χ0v) is 20.3. The smallest absolute Gasteiger partial charge is 0.231 e. The molecule has 3 aromatic rings. The fourth-order valence-electron chi connectivity index (χ4n) is 5.02. The molecule has 0 radical (unpaired) electrons. The number of ether oxygens (including phenoxy) is 1. The van der Waals surface area contributed by atoms with Crippen LogP contribution in [0.1, 0.15) is 55.7 Å². The minimum atomic E-state index is -1.21. The molecule has 1 atom stereocenters. The second-order valence-electron chi connectivity index (χ2n) is 10.1. The number of hydrogen-bond acceptors (Lipinski definition) is 4. The van der Waals surface area contributed by atoms with Gasteiger partial charge < -0.3 is 18.7 Å². The number of quaternary nitrogens is 1. The van der Waals surface area contributed by atoms with Gasteiger partial charge in [0.15, 0.2) is 11.4 Å². The van der Waals surface area contributed by atoms with Crippen molar-refractivity contribution in [3.8, 4) is 5.75 Å². The molecule has 6 heteroatoms. The highest BCUT2D eigenvalue weighted by Gasteiger charge is 2.44. The molecule has 34 heavy (non-hydrogen) atoms. The Kier molecular flexibility index (Phi) is 7.69. The van der Waals surface area contributed by atoms with Crippen LogP contribution < -0.4 is 4.74 Å². The summed E-state index contributed by atoms with van der Waals surface area (Å²) in [5, 5.41) is 12.0. The number of rotatable bonds is 10. The van der Waals surface area contributed by atoms with Gasteiger partial charge in [-0.15, -0.1) is 0 Å².